The van der Waals surface area contributed by atoms with E-state index in [1.165, 1.54) is 28.2 Å². The van der Waals surface area contributed by atoms with Crippen LogP contribution in [-0.2, 0) is 26.8 Å². The molecule has 2 rings (SSSR count). The van der Waals surface area contributed by atoms with E-state index in [-0.39, 0.29) is 28.8 Å². The van der Waals surface area contributed by atoms with Crippen molar-refractivity contribution in [3.05, 3.63) is 64.6 Å². The van der Waals surface area contributed by atoms with Crippen molar-refractivity contribution < 1.29 is 13.2 Å². The Labute approximate surface area is 185 Å². The molecule has 0 saturated heterocycles. The van der Waals surface area contributed by atoms with Crippen LogP contribution in [0.2, 0.25) is 0 Å². The van der Waals surface area contributed by atoms with E-state index in [4.69, 9.17) is 0 Å². The van der Waals surface area contributed by atoms with Gasteiger partial charge in [0.1, 0.15) is 6.54 Å². The number of carbonyl (C=O) groups excluding carboxylic acids is 1. The molecule has 2 aromatic rings. The number of amides is 1. The van der Waals surface area contributed by atoms with E-state index in [1.54, 1.807) is 13.8 Å². The molecule has 1 aromatic heterocycles. The monoisotopic (exact) mass is 447 g/mol. The van der Waals surface area contributed by atoms with Gasteiger partial charge < -0.3 is 9.88 Å². The Balaban J connectivity index is 2.11. The van der Waals surface area contributed by atoms with Crippen molar-refractivity contribution in [3.8, 4) is 0 Å². The second-order valence-electron chi connectivity index (χ2n) is 8.34. The summed E-state index contributed by atoms with van der Waals surface area (Å²) in [6.07, 6.45) is 1.96. The summed E-state index contributed by atoms with van der Waals surface area (Å²) in [7, 11) is -3.71. The quantitative estimate of drug-likeness (QED) is 0.607. The van der Waals surface area contributed by atoms with Crippen LogP contribution in [0.4, 0.5) is 0 Å². The molecule has 0 fully saturated rings. The maximum Gasteiger partial charge on any atom is 0.251 e. The lowest BCUT2D eigenvalue weighted by Crippen LogP contribution is -2.40. The lowest BCUT2D eigenvalue weighted by molar-refractivity contribution is -0.122. The van der Waals surface area contributed by atoms with Crippen LogP contribution in [0.1, 0.15) is 46.6 Å². The fraction of sp³-hybridized carbons (Fsp3) is 0.478. The number of nitrogens with one attached hydrogen (secondary N) is 1. The first-order valence-electron chi connectivity index (χ1n) is 10.6. The van der Waals surface area contributed by atoms with Crippen LogP contribution in [0, 0.1) is 0 Å². The van der Waals surface area contributed by atoms with E-state index in [0.717, 1.165) is 4.57 Å². The van der Waals surface area contributed by atoms with Crippen molar-refractivity contribution >= 4 is 15.9 Å². The average Bonchev–Trinajstić information content (AvgIpc) is 2.70. The summed E-state index contributed by atoms with van der Waals surface area (Å²) < 4.78 is 27.9. The van der Waals surface area contributed by atoms with Gasteiger partial charge in [0.2, 0.25) is 15.9 Å². The zero-order valence-corrected chi connectivity index (χ0v) is 19.8. The zero-order valence-electron chi connectivity index (χ0n) is 19.0. The Morgan fingerprint density at radius 3 is 2.29 bits per heavy atom. The summed E-state index contributed by atoms with van der Waals surface area (Å²) in [5.74, 6) is -0.337. The Kier molecular flexibility index (Phi) is 8.20. The van der Waals surface area contributed by atoms with Crippen LogP contribution in [0.5, 0.6) is 0 Å². The van der Waals surface area contributed by atoms with Gasteiger partial charge in [0, 0.05) is 31.4 Å². The van der Waals surface area contributed by atoms with Crippen LogP contribution < -0.4 is 10.9 Å². The van der Waals surface area contributed by atoms with Crippen molar-refractivity contribution in [2.75, 3.05) is 13.1 Å². The largest absolute Gasteiger partial charge is 0.352 e. The summed E-state index contributed by atoms with van der Waals surface area (Å²) in [6, 6.07) is 12.4. The van der Waals surface area contributed by atoms with E-state index in [1.807, 2.05) is 25.1 Å². The van der Waals surface area contributed by atoms with Crippen LogP contribution in [0.3, 0.4) is 0 Å². The fourth-order valence-electron chi connectivity index (χ4n) is 3.80. The molecule has 1 aromatic carbocycles. The molecule has 0 saturated carbocycles. The first kappa shape index (κ1) is 24.8. The van der Waals surface area contributed by atoms with Crippen molar-refractivity contribution in [1.29, 1.82) is 0 Å². The maximum atomic E-state index is 12.7. The molecular formula is C23H33N3O4S. The molecule has 8 heteroatoms. The van der Waals surface area contributed by atoms with Gasteiger partial charge >= 0.3 is 0 Å². The number of benzene rings is 1. The van der Waals surface area contributed by atoms with Crippen LogP contribution >= 0.6 is 0 Å². The lowest BCUT2D eigenvalue weighted by Gasteiger charge is -2.29. The van der Waals surface area contributed by atoms with Gasteiger partial charge in [-0.05, 0) is 30.4 Å². The highest BCUT2D eigenvalue weighted by Crippen LogP contribution is 2.28. The van der Waals surface area contributed by atoms with Crippen LogP contribution in [0.25, 0.3) is 0 Å². The fourth-order valence-corrected chi connectivity index (χ4v) is 5.28. The number of aromatic nitrogens is 1. The molecular weight excluding hydrogens is 414 g/mol. The second kappa shape index (κ2) is 10.2. The predicted molar refractivity (Wildman–Crippen MR) is 122 cm³/mol. The van der Waals surface area contributed by atoms with Gasteiger partial charge in [-0.15, -0.1) is 0 Å². The SMILES string of the molecule is CCN(CC)S(=O)(=O)c1ccc(=O)n(CC(=O)NC(C)CC(C)(C)c2ccccc2)c1. The van der Waals surface area contributed by atoms with E-state index in [2.05, 4.69) is 31.3 Å². The molecule has 1 atom stereocenters. The number of nitrogens with zero attached hydrogens (tertiary/aromatic N) is 2. The molecule has 1 unspecified atom stereocenters. The Bertz CT molecular complexity index is 1040. The van der Waals surface area contributed by atoms with Crippen molar-refractivity contribution in [2.24, 2.45) is 0 Å². The zero-order chi connectivity index (χ0) is 23.2. The van der Waals surface area contributed by atoms with Gasteiger partial charge in [0.15, 0.2) is 0 Å². The highest BCUT2D eigenvalue weighted by atomic mass is 32.2. The highest BCUT2D eigenvalue weighted by Gasteiger charge is 2.25. The standard InChI is InChI=1S/C23H33N3O4S/c1-6-26(7-2)31(29,30)20-13-14-22(28)25(16-20)17-21(27)24-18(3)15-23(4,5)19-11-9-8-10-12-19/h8-14,16,18H,6-7,15,17H2,1-5H3,(H,24,27). The third-order valence-corrected chi connectivity index (χ3v) is 7.43. The summed E-state index contributed by atoms with van der Waals surface area (Å²) in [5.41, 5.74) is 0.621. The van der Waals surface area contributed by atoms with Crippen molar-refractivity contribution in [1.82, 2.24) is 14.2 Å². The highest BCUT2D eigenvalue weighted by molar-refractivity contribution is 7.89. The number of rotatable bonds is 10. The van der Waals surface area contributed by atoms with E-state index in [0.29, 0.717) is 19.5 Å². The number of hydrogen-bond donors (Lipinski definition) is 1. The van der Waals surface area contributed by atoms with Crippen molar-refractivity contribution in [3.63, 3.8) is 0 Å². The Morgan fingerprint density at radius 1 is 1.10 bits per heavy atom. The molecule has 0 aliphatic heterocycles. The molecule has 1 amide bonds. The predicted octanol–water partition coefficient (Wildman–Crippen LogP) is 2.75. The van der Waals surface area contributed by atoms with Gasteiger partial charge in [-0.1, -0.05) is 58.0 Å². The molecule has 170 valence electrons. The molecule has 0 aliphatic rings. The molecule has 0 bridgehead atoms. The lowest BCUT2D eigenvalue weighted by atomic mass is 9.79. The number of sulfonamides is 1. The van der Waals surface area contributed by atoms with Crippen LogP contribution in [-0.4, -0.2) is 42.3 Å². The molecule has 1 N–H and O–H groups in total. The third kappa shape index (κ3) is 6.27. The topological polar surface area (TPSA) is 88.5 Å². The average molecular weight is 448 g/mol. The molecule has 0 radical (unpaired) electrons. The number of carbonyl (C=O) groups is 1. The summed E-state index contributed by atoms with van der Waals surface area (Å²) in [4.78, 5) is 24.8. The molecule has 1 heterocycles. The smallest absolute Gasteiger partial charge is 0.251 e. The molecule has 31 heavy (non-hydrogen) atoms. The number of pyridine rings is 1. The number of hydrogen-bond acceptors (Lipinski definition) is 4. The third-order valence-electron chi connectivity index (χ3n) is 5.39. The summed E-state index contributed by atoms with van der Waals surface area (Å²) in [6.45, 7) is 10.1. The van der Waals surface area contributed by atoms with Crippen molar-refractivity contribution in [2.45, 2.75) is 63.9 Å². The summed E-state index contributed by atoms with van der Waals surface area (Å²) in [5, 5.41) is 2.93. The van der Waals surface area contributed by atoms with E-state index in [9.17, 15) is 18.0 Å². The minimum atomic E-state index is -3.71. The normalized spacial score (nSPS) is 13.2. The minimum absolute atomic E-state index is 0.00172. The second-order valence-corrected chi connectivity index (χ2v) is 10.3. The summed E-state index contributed by atoms with van der Waals surface area (Å²) >= 11 is 0. The maximum absolute atomic E-state index is 12.7. The Hall–Kier alpha value is -2.45. The first-order valence-corrected chi connectivity index (χ1v) is 12.0. The Morgan fingerprint density at radius 2 is 1.71 bits per heavy atom. The van der Waals surface area contributed by atoms with Gasteiger partial charge in [0.25, 0.3) is 5.56 Å². The minimum Gasteiger partial charge on any atom is -0.352 e. The van der Waals surface area contributed by atoms with E-state index < -0.39 is 15.6 Å². The molecule has 7 nitrogen and oxygen atoms in total. The first-order chi connectivity index (χ1) is 14.5. The van der Waals surface area contributed by atoms with Gasteiger partial charge in [-0.25, -0.2) is 8.42 Å². The van der Waals surface area contributed by atoms with Gasteiger partial charge in [-0.2, -0.15) is 4.31 Å². The van der Waals surface area contributed by atoms with Gasteiger partial charge in [0.05, 0.1) is 4.90 Å². The molecule has 0 spiro atoms. The van der Waals surface area contributed by atoms with Crippen LogP contribution in [0.15, 0.2) is 58.4 Å². The van der Waals surface area contributed by atoms with Gasteiger partial charge in [-0.3, -0.25) is 9.59 Å². The molecule has 0 aliphatic carbocycles. The van der Waals surface area contributed by atoms with E-state index >= 15 is 0 Å².